The van der Waals surface area contributed by atoms with Crippen molar-refractivity contribution in [2.45, 2.75) is 59.0 Å². The molecule has 0 N–H and O–H groups in total. The van der Waals surface area contributed by atoms with Crippen molar-refractivity contribution in [3.8, 4) is 0 Å². The van der Waals surface area contributed by atoms with Crippen molar-refractivity contribution in [3.63, 3.8) is 0 Å². The van der Waals surface area contributed by atoms with Crippen molar-refractivity contribution in [1.82, 2.24) is 9.80 Å². The third kappa shape index (κ3) is 9.97. The highest BCUT2D eigenvalue weighted by atomic mass is 35.5. The molecule has 4 aliphatic heterocycles. The average Bonchev–Trinajstić information content (AvgIpc) is 3.97. The highest BCUT2D eigenvalue weighted by Crippen LogP contribution is 2.33. The Bertz CT molecular complexity index is 2280. The Balaban J connectivity index is 0.000000186. The minimum absolute atomic E-state index is 0.0217. The van der Waals surface area contributed by atoms with E-state index in [-0.39, 0.29) is 55.7 Å². The smallest absolute Gasteiger partial charge is 0.307 e. The molecular formula is C47H52Cl2N6O6. The van der Waals surface area contributed by atoms with Crippen LogP contribution in [0.4, 0.5) is 22.7 Å². The van der Waals surface area contributed by atoms with Gasteiger partial charge in [-0.3, -0.25) is 33.8 Å². The molecule has 12 nitrogen and oxygen atoms in total. The number of para-hydroxylation sites is 2. The first-order valence-electron chi connectivity index (χ1n) is 21.2. The van der Waals surface area contributed by atoms with Crippen LogP contribution in [0.1, 0.15) is 77.8 Å². The summed E-state index contributed by atoms with van der Waals surface area (Å²) >= 11 is 13.1. The summed E-state index contributed by atoms with van der Waals surface area (Å²) in [5.41, 5.74) is 6.10. The zero-order chi connectivity index (χ0) is 43.0. The quantitative estimate of drug-likeness (QED) is 0.157. The molecule has 2 saturated heterocycles. The van der Waals surface area contributed by atoms with E-state index in [1.165, 1.54) is 17.7 Å². The molecule has 61 heavy (non-hydrogen) atoms. The largest absolute Gasteiger partial charge is 0.466 e. The van der Waals surface area contributed by atoms with Crippen LogP contribution in [0, 0.1) is 0 Å². The van der Waals surface area contributed by atoms with Crippen LogP contribution < -0.4 is 19.6 Å². The van der Waals surface area contributed by atoms with Gasteiger partial charge in [0.15, 0.2) is 0 Å². The Morgan fingerprint density at radius 1 is 0.590 bits per heavy atom. The van der Waals surface area contributed by atoms with E-state index in [0.717, 1.165) is 67.2 Å². The van der Waals surface area contributed by atoms with Crippen molar-refractivity contribution in [2.75, 3.05) is 78.6 Å². The maximum Gasteiger partial charge on any atom is 0.307 e. The predicted octanol–water partition coefficient (Wildman–Crippen LogP) is 7.83. The molecule has 0 unspecified atom stereocenters. The topological polar surface area (TPSA) is 114 Å². The number of fused-ring (bicyclic) bond motifs is 2. The molecule has 320 valence electrons. The molecule has 4 aromatic carbocycles. The van der Waals surface area contributed by atoms with Crippen molar-refractivity contribution in [2.24, 2.45) is 0 Å². The van der Waals surface area contributed by atoms with Crippen molar-refractivity contribution >= 4 is 75.5 Å². The number of carbonyl (C=O) groups is 5. The highest BCUT2D eigenvalue weighted by molar-refractivity contribution is 6.35. The third-order valence-electron chi connectivity index (χ3n) is 11.7. The molecule has 0 aliphatic carbocycles. The lowest BCUT2D eigenvalue weighted by atomic mass is 10.1. The molecule has 4 aliphatic rings. The van der Waals surface area contributed by atoms with Crippen LogP contribution in [-0.4, -0.2) is 98.4 Å². The van der Waals surface area contributed by atoms with Crippen LogP contribution in [0.2, 0.25) is 10.0 Å². The van der Waals surface area contributed by atoms with E-state index < -0.39 is 0 Å². The lowest BCUT2D eigenvalue weighted by Gasteiger charge is -2.24. The number of nitrogens with zero attached hydrogens (tertiary/aromatic N) is 6. The summed E-state index contributed by atoms with van der Waals surface area (Å²) in [5.74, 6) is -1.19. The Morgan fingerprint density at radius 3 is 1.48 bits per heavy atom. The van der Waals surface area contributed by atoms with Crippen LogP contribution in [0.25, 0.3) is 0 Å². The number of hydrogen-bond acceptors (Lipinski definition) is 8. The van der Waals surface area contributed by atoms with E-state index in [2.05, 4.69) is 9.80 Å². The molecule has 0 radical (unpaired) electrons. The Morgan fingerprint density at radius 2 is 1.03 bits per heavy atom. The van der Waals surface area contributed by atoms with Crippen LogP contribution in [0.5, 0.6) is 0 Å². The summed E-state index contributed by atoms with van der Waals surface area (Å²) < 4.78 is 4.99. The number of hydrogen-bond donors (Lipinski definition) is 0. The Kier molecular flexibility index (Phi) is 14.2. The van der Waals surface area contributed by atoms with E-state index in [0.29, 0.717) is 53.1 Å². The van der Waals surface area contributed by atoms with Crippen LogP contribution in [0.15, 0.2) is 84.9 Å². The first kappa shape index (κ1) is 43.5. The van der Waals surface area contributed by atoms with Gasteiger partial charge in [-0.1, -0.05) is 59.6 Å². The first-order chi connectivity index (χ1) is 29.6. The first-order valence-corrected chi connectivity index (χ1v) is 21.9. The van der Waals surface area contributed by atoms with E-state index in [4.69, 9.17) is 27.9 Å². The fraction of sp³-hybridized carbons (Fsp3) is 0.383. The van der Waals surface area contributed by atoms with Gasteiger partial charge in [0.2, 0.25) is 11.8 Å². The fourth-order valence-electron chi connectivity index (χ4n) is 8.35. The van der Waals surface area contributed by atoms with Gasteiger partial charge in [-0.25, -0.2) is 0 Å². The molecule has 14 heteroatoms. The number of anilines is 4. The van der Waals surface area contributed by atoms with Gasteiger partial charge in [0, 0.05) is 75.1 Å². The van der Waals surface area contributed by atoms with Gasteiger partial charge in [-0.05, 0) is 99.2 Å². The molecule has 4 amide bonds. The SMILES string of the molecule is CCN1Cc2ccccc2N(C(=O)c2ccc(N3CCCC3)cc2Cl)CC1=O.CCOC(=O)CCN1Cc2ccccc2N(C(=O)c2ccc(N3CCCC3)cc2Cl)CC1=O. The standard InChI is InChI=1S/C25H28ClN3O4.C22H24ClN3O2/c1-2-33-24(31)11-14-28-16-18-7-3-4-8-22(18)29(17-23(28)30)25(32)20-10-9-19(15-21(20)26)27-12-5-6-13-27;1-2-24-14-16-7-3-4-8-20(16)26(15-21(24)27)22(28)18-10-9-17(13-19(18)23)25-11-5-6-12-25/h3-4,7-10,15H,2,5-6,11-14,16-17H2,1H3;3-4,7-10,13H,2,5-6,11-12,14-15H2,1H3. The van der Waals surface area contributed by atoms with Crippen molar-refractivity contribution in [3.05, 3.63) is 117 Å². The molecule has 4 heterocycles. The van der Waals surface area contributed by atoms with E-state index in [1.807, 2.05) is 79.7 Å². The molecule has 4 aromatic rings. The lowest BCUT2D eigenvalue weighted by molar-refractivity contribution is -0.144. The van der Waals surface area contributed by atoms with Gasteiger partial charge in [-0.2, -0.15) is 0 Å². The molecule has 0 saturated carbocycles. The Labute approximate surface area is 367 Å². The number of carbonyl (C=O) groups excluding carboxylic acids is 5. The van der Waals surface area contributed by atoms with Crippen molar-refractivity contribution < 1.29 is 28.7 Å². The number of amides is 4. The second-order valence-corrected chi connectivity index (χ2v) is 16.3. The molecular weight excluding hydrogens is 815 g/mol. The minimum Gasteiger partial charge on any atom is -0.466 e. The van der Waals surface area contributed by atoms with Gasteiger partial charge in [0.1, 0.15) is 13.1 Å². The fourth-order valence-corrected chi connectivity index (χ4v) is 8.86. The molecule has 0 aromatic heterocycles. The van der Waals surface area contributed by atoms with Gasteiger partial charge in [-0.15, -0.1) is 0 Å². The number of benzene rings is 4. The van der Waals surface area contributed by atoms with Gasteiger partial charge >= 0.3 is 5.97 Å². The van der Waals surface area contributed by atoms with Gasteiger partial charge in [0.25, 0.3) is 11.8 Å². The minimum atomic E-state index is -0.347. The molecule has 0 atom stereocenters. The second kappa shape index (κ2) is 19.9. The summed E-state index contributed by atoms with van der Waals surface area (Å²) in [6.07, 6.45) is 4.77. The molecule has 2 fully saturated rings. The monoisotopic (exact) mass is 866 g/mol. The number of likely N-dealkylation sites (N-methyl/N-ethyl adjacent to an activating group) is 1. The van der Waals surface area contributed by atoms with E-state index >= 15 is 0 Å². The zero-order valence-electron chi connectivity index (χ0n) is 34.8. The van der Waals surface area contributed by atoms with Crippen LogP contribution in [-0.2, 0) is 32.2 Å². The van der Waals surface area contributed by atoms with Gasteiger partial charge in [0.05, 0.1) is 34.2 Å². The molecule has 8 rings (SSSR count). The zero-order valence-corrected chi connectivity index (χ0v) is 36.3. The summed E-state index contributed by atoms with van der Waals surface area (Å²) in [6, 6.07) is 26.2. The maximum atomic E-state index is 13.6. The number of rotatable bonds is 9. The normalized spacial score (nSPS) is 16.4. The number of ether oxygens (including phenoxy) is 1. The van der Waals surface area contributed by atoms with E-state index in [9.17, 15) is 24.0 Å². The summed E-state index contributed by atoms with van der Waals surface area (Å²) in [4.78, 5) is 75.4. The average molecular weight is 868 g/mol. The van der Waals surface area contributed by atoms with Crippen LogP contribution in [0.3, 0.4) is 0 Å². The predicted molar refractivity (Wildman–Crippen MR) is 240 cm³/mol. The second-order valence-electron chi connectivity index (χ2n) is 15.5. The Hall–Kier alpha value is -5.59. The van der Waals surface area contributed by atoms with Gasteiger partial charge < -0.3 is 24.3 Å². The highest BCUT2D eigenvalue weighted by Gasteiger charge is 2.32. The molecule has 0 bridgehead atoms. The summed E-state index contributed by atoms with van der Waals surface area (Å²) in [7, 11) is 0. The number of esters is 1. The van der Waals surface area contributed by atoms with Crippen LogP contribution >= 0.6 is 23.2 Å². The summed E-state index contributed by atoms with van der Waals surface area (Å²) in [5, 5.41) is 0.800. The molecule has 0 spiro atoms. The van der Waals surface area contributed by atoms with Crippen molar-refractivity contribution in [1.29, 1.82) is 0 Å². The lowest BCUT2D eigenvalue weighted by Crippen LogP contribution is -2.41. The summed E-state index contributed by atoms with van der Waals surface area (Å²) in [6.45, 7) is 9.58. The third-order valence-corrected chi connectivity index (χ3v) is 12.3. The van der Waals surface area contributed by atoms with E-state index in [1.54, 1.807) is 33.8 Å². The maximum absolute atomic E-state index is 13.6. The number of halogens is 2.